The number of hydrogen-bond donors (Lipinski definition) is 2. The van der Waals surface area contributed by atoms with Crippen LogP contribution in [0.5, 0.6) is 0 Å². The first-order valence-electron chi connectivity index (χ1n) is 9.53. The Bertz CT molecular complexity index is 758. The first-order chi connectivity index (χ1) is 12.5. The summed E-state index contributed by atoms with van der Waals surface area (Å²) in [5.41, 5.74) is 0.962. The minimum Gasteiger partial charge on any atom is -0.352 e. The van der Waals surface area contributed by atoms with E-state index in [0.717, 1.165) is 48.1 Å². The number of urea groups is 1. The van der Waals surface area contributed by atoms with Crippen LogP contribution in [0.4, 0.5) is 4.79 Å². The normalized spacial score (nSPS) is 26.3. The van der Waals surface area contributed by atoms with Gasteiger partial charge in [-0.25, -0.2) is 4.79 Å². The molecule has 1 saturated heterocycles. The molecule has 2 atom stereocenters. The minimum absolute atomic E-state index is 0.0934. The van der Waals surface area contributed by atoms with Gasteiger partial charge in [-0.3, -0.25) is 14.5 Å². The van der Waals surface area contributed by atoms with Gasteiger partial charge in [-0.05, 0) is 62.5 Å². The first-order valence-corrected chi connectivity index (χ1v) is 9.53. The molecule has 4 amide bonds. The molecule has 0 bridgehead atoms. The van der Waals surface area contributed by atoms with E-state index in [4.69, 9.17) is 0 Å². The van der Waals surface area contributed by atoms with E-state index in [1.54, 1.807) is 0 Å². The summed E-state index contributed by atoms with van der Waals surface area (Å²) in [7, 11) is 0. The van der Waals surface area contributed by atoms with Gasteiger partial charge in [0, 0.05) is 6.04 Å². The van der Waals surface area contributed by atoms with Crippen LogP contribution in [0.1, 0.15) is 50.2 Å². The highest BCUT2D eigenvalue weighted by Gasteiger charge is 2.53. The van der Waals surface area contributed by atoms with Gasteiger partial charge in [-0.1, -0.05) is 24.3 Å². The number of imide groups is 1. The molecule has 6 nitrogen and oxygen atoms in total. The van der Waals surface area contributed by atoms with Crippen molar-refractivity contribution >= 4 is 17.8 Å². The van der Waals surface area contributed by atoms with Crippen molar-refractivity contribution in [1.82, 2.24) is 15.5 Å². The Morgan fingerprint density at radius 1 is 1.31 bits per heavy atom. The van der Waals surface area contributed by atoms with E-state index in [9.17, 15) is 14.4 Å². The average Bonchev–Trinajstić information content (AvgIpc) is 3.44. The van der Waals surface area contributed by atoms with Gasteiger partial charge in [0.1, 0.15) is 12.1 Å². The molecule has 26 heavy (non-hydrogen) atoms. The number of hydrogen-bond acceptors (Lipinski definition) is 3. The van der Waals surface area contributed by atoms with E-state index in [-0.39, 0.29) is 24.4 Å². The number of carbonyl (C=O) groups is 3. The maximum atomic E-state index is 13.2. The van der Waals surface area contributed by atoms with Crippen molar-refractivity contribution in [3.05, 3.63) is 35.4 Å². The number of benzene rings is 1. The summed E-state index contributed by atoms with van der Waals surface area (Å²) in [5.74, 6) is -0.0416. The van der Waals surface area contributed by atoms with Crippen LogP contribution in [0, 0.1) is 5.92 Å². The fourth-order valence-corrected chi connectivity index (χ4v) is 4.27. The summed E-state index contributed by atoms with van der Waals surface area (Å²) in [6.45, 7) is 1.76. The molecule has 138 valence electrons. The zero-order valence-corrected chi connectivity index (χ0v) is 15.1. The molecular weight excluding hydrogens is 330 g/mol. The van der Waals surface area contributed by atoms with Gasteiger partial charge < -0.3 is 10.6 Å². The maximum absolute atomic E-state index is 13.2. The van der Waals surface area contributed by atoms with E-state index < -0.39 is 11.6 Å². The van der Waals surface area contributed by atoms with Crippen LogP contribution in [-0.4, -0.2) is 35.3 Å². The van der Waals surface area contributed by atoms with Crippen molar-refractivity contribution in [1.29, 1.82) is 0 Å². The van der Waals surface area contributed by atoms with Crippen LogP contribution in [0.15, 0.2) is 24.3 Å². The molecule has 1 saturated carbocycles. The van der Waals surface area contributed by atoms with Crippen LogP contribution in [0.2, 0.25) is 0 Å². The average molecular weight is 355 g/mol. The van der Waals surface area contributed by atoms with Crippen LogP contribution in [-0.2, 0) is 21.5 Å². The Labute approximate surface area is 153 Å². The lowest BCUT2D eigenvalue weighted by Gasteiger charge is -2.27. The predicted molar refractivity (Wildman–Crippen MR) is 96.2 cm³/mol. The third-order valence-corrected chi connectivity index (χ3v) is 5.92. The predicted octanol–water partition coefficient (Wildman–Crippen LogP) is 2.07. The smallest absolute Gasteiger partial charge is 0.325 e. The fourth-order valence-electron chi connectivity index (χ4n) is 4.27. The van der Waals surface area contributed by atoms with Gasteiger partial charge in [-0.15, -0.1) is 0 Å². The van der Waals surface area contributed by atoms with Crippen LogP contribution >= 0.6 is 0 Å². The molecule has 1 spiro atoms. The lowest BCUT2D eigenvalue weighted by Crippen LogP contribution is -2.46. The van der Waals surface area contributed by atoms with E-state index >= 15 is 0 Å². The second-order valence-corrected chi connectivity index (χ2v) is 7.78. The van der Waals surface area contributed by atoms with Crippen LogP contribution in [0.25, 0.3) is 0 Å². The number of rotatable bonds is 4. The van der Waals surface area contributed by atoms with E-state index in [2.05, 4.69) is 10.6 Å². The Morgan fingerprint density at radius 3 is 2.85 bits per heavy atom. The summed E-state index contributed by atoms with van der Waals surface area (Å²) >= 11 is 0. The molecule has 2 aliphatic carbocycles. The third kappa shape index (κ3) is 2.87. The highest BCUT2D eigenvalue weighted by molar-refractivity contribution is 6.09. The molecule has 1 aliphatic heterocycles. The summed E-state index contributed by atoms with van der Waals surface area (Å²) in [6, 6.07) is 7.44. The largest absolute Gasteiger partial charge is 0.352 e. The summed E-state index contributed by atoms with van der Waals surface area (Å²) in [6.07, 6.45) is 5.58. The van der Waals surface area contributed by atoms with Crippen LogP contribution < -0.4 is 10.6 Å². The van der Waals surface area contributed by atoms with Gasteiger partial charge >= 0.3 is 6.03 Å². The highest BCUT2D eigenvalue weighted by Crippen LogP contribution is 2.39. The lowest BCUT2D eigenvalue weighted by molar-refractivity contribution is -0.135. The van der Waals surface area contributed by atoms with Crippen molar-refractivity contribution < 1.29 is 14.4 Å². The van der Waals surface area contributed by atoms with Crippen molar-refractivity contribution in [3.8, 4) is 0 Å². The summed E-state index contributed by atoms with van der Waals surface area (Å²) in [4.78, 5) is 39.2. The van der Waals surface area contributed by atoms with Crippen molar-refractivity contribution in [3.63, 3.8) is 0 Å². The number of carbonyl (C=O) groups excluding carboxylic acids is 3. The van der Waals surface area contributed by atoms with Crippen molar-refractivity contribution in [2.75, 3.05) is 6.54 Å². The quantitative estimate of drug-likeness (QED) is 0.812. The van der Waals surface area contributed by atoms with Crippen LogP contribution in [0.3, 0.4) is 0 Å². The lowest BCUT2D eigenvalue weighted by atomic mass is 9.84. The monoisotopic (exact) mass is 355 g/mol. The van der Waals surface area contributed by atoms with Gasteiger partial charge in [0.05, 0.1) is 0 Å². The number of fused-ring (bicyclic) bond motifs is 2. The topological polar surface area (TPSA) is 78.5 Å². The molecule has 1 aromatic carbocycles. The second kappa shape index (κ2) is 6.41. The molecule has 1 heterocycles. The Kier molecular flexibility index (Phi) is 4.21. The number of aryl methyl sites for hydroxylation is 1. The van der Waals surface area contributed by atoms with Gasteiger partial charge in [0.25, 0.3) is 5.91 Å². The molecule has 2 fully saturated rings. The number of amides is 4. The Hall–Kier alpha value is -2.37. The molecule has 0 aromatic heterocycles. The van der Waals surface area contributed by atoms with Gasteiger partial charge in [0.15, 0.2) is 0 Å². The molecule has 2 N–H and O–H groups in total. The summed E-state index contributed by atoms with van der Waals surface area (Å²) < 4.78 is 0. The number of nitrogens with one attached hydrogen (secondary N) is 2. The zero-order valence-electron chi connectivity index (χ0n) is 15.1. The Balaban J connectivity index is 1.56. The van der Waals surface area contributed by atoms with E-state index in [1.165, 1.54) is 0 Å². The molecule has 1 aromatic rings. The Morgan fingerprint density at radius 2 is 2.08 bits per heavy atom. The van der Waals surface area contributed by atoms with E-state index in [0.29, 0.717) is 12.3 Å². The van der Waals surface area contributed by atoms with E-state index in [1.807, 2.05) is 31.2 Å². The fraction of sp³-hybridized carbons (Fsp3) is 0.550. The molecular formula is C20H25N3O3. The standard InChI is InChI=1S/C20H25N3O3/c1-13(14-9-10-14)21-17(24)12-23-18(25)20(22-19(23)26)11-5-4-7-15-6-2-3-8-16(15)20/h2-3,6,8,13-14H,4-5,7,9-12H2,1H3,(H,21,24)(H,22,26)/t13-,20+/m0/s1. The third-order valence-electron chi connectivity index (χ3n) is 5.92. The molecule has 6 heteroatoms. The second-order valence-electron chi connectivity index (χ2n) is 7.78. The SMILES string of the molecule is C[C@H](NC(=O)CN1C(=O)N[C@@]2(CCCCc3ccccc32)C1=O)C1CC1. The van der Waals surface area contributed by atoms with Gasteiger partial charge in [-0.2, -0.15) is 0 Å². The highest BCUT2D eigenvalue weighted by atomic mass is 16.2. The van der Waals surface area contributed by atoms with Crippen molar-refractivity contribution in [2.45, 2.75) is 57.0 Å². The number of nitrogens with zero attached hydrogens (tertiary/aromatic N) is 1. The zero-order chi connectivity index (χ0) is 18.3. The molecule has 0 unspecified atom stereocenters. The molecule has 3 aliphatic rings. The molecule has 4 rings (SSSR count). The minimum atomic E-state index is -1.02. The first kappa shape index (κ1) is 17.1. The molecule has 0 radical (unpaired) electrons. The van der Waals surface area contributed by atoms with Crippen molar-refractivity contribution in [2.24, 2.45) is 5.92 Å². The maximum Gasteiger partial charge on any atom is 0.325 e. The van der Waals surface area contributed by atoms with Gasteiger partial charge in [0.2, 0.25) is 5.91 Å². The summed E-state index contributed by atoms with van der Waals surface area (Å²) in [5, 5.41) is 5.84.